The minimum Gasteiger partial charge on any atom is -0.481 e. The highest BCUT2D eigenvalue weighted by Gasteiger charge is 2.07. The molecule has 0 saturated carbocycles. The number of pyridine rings is 1. The van der Waals surface area contributed by atoms with E-state index in [1.165, 1.54) is 4.88 Å². The van der Waals surface area contributed by atoms with Crippen LogP contribution in [0, 0.1) is 0 Å². The van der Waals surface area contributed by atoms with Gasteiger partial charge < -0.3 is 15.4 Å². The van der Waals surface area contributed by atoms with E-state index in [1.54, 1.807) is 24.6 Å². The van der Waals surface area contributed by atoms with Gasteiger partial charge in [-0.2, -0.15) is 0 Å². The molecule has 5 nitrogen and oxygen atoms in total. The van der Waals surface area contributed by atoms with Crippen molar-refractivity contribution in [2.75, 3.05) is 20.2 Å². The van der Waals surface area contributed by atoms with Crippen LogP contribution in [0.15, 0.2) is 40.8 Å². The minimum absolute atomic E-state index is 0.460. The summed E-state index contributed by atoms with van der Waals surface area (Å²) in [5, 5.41) is 8.79. The number of thiophene rings is 1. The van der Waals surface area contributed by atoms with Crippen molar-refractivity contribution in [2.45, 2.75) is 26.3 Å². The highest BCUT2D eigenvalue weighted by atomic mass is 32.1. The molecule has 0 saturated heterocycles. The molecule has 0 amide bonds. The third kappa shape index (κ3) is 5.56. The number of rotatable bonds is 7. The number of nitrogens with one attached hydrogen (secondary N) is 2. The molecule has 1 atom stereocenters. The standard InChI is InChI=1S/C17H24N4OS/c1-4-18-17(20-10-13(2)15-6-5-9-23-15)21-12-14-7-8-16(22-3)19-11-14/h5-9,11,13H,4,10,12H2,1-3H3,(H2,18,20,21). The first-order valence-corrected chi connectivity index (χ1v) is 8.65. The van der Waals surface area contributed by atoms with Crippen LogP contribution in [0.25, 0.3) is 0 Å². The Balaban J connectivity index is 1.90. The SMILES string of the molecule is CCNC(=NCc1ccc(OC)nc1)NCC(C)c1cccs1. The lowest BCUT2D eigenvalue weighted by Crippen LogP contribution is -2.39. The number of ether oxygens (including phenoxy) is 1. The lowest BCUT2D eigenvalue weighted by atomic mass is 10.1. The van der Waals surface area contributed by atoms with Gasteiger partial charge in [0.15, 0.2) is 5.96 Å². The molecule has 6 heteroatoms. The zero-order valence-electron chi connectivity index (χ0n) is 13.9. The number of hydrogen-bond acceptors (Lipinski definition) is 4. The van der Waals surface area contributed by atoms with Crippen LogP contribution in [0.5, 0.6) is 5.88 Å². The van der Waals surface area contributed by atoms with Crippen LogP contribution in [0.2, 0.25) is 0 Å². The Morgan fingerprint density at radius 2 is 2.22 bits per heavy atom. The molecular weight excluding hydrogens is 308 g/mol. The van der Waals surface area contributed by atoms with Crippen molar-refractivity contribution in [3.63, 3.8) is 0 Å². The van der Waals surface area contributed by atoms with Gasteiger partial charge in [-0.1, -0.05) is 19.1 Å². The fourth-order valence-electron chi connectivity index (χ4n) is 2.06. The first-order chi connectivity index (χ1) is 11.2. The molecule has 23 heavy (non-hydrogen) atoms. The molecule has 0 aliphatic rings. The van der Waals surface area contributed by atoms with E-state index in [-0.39, 0.29) is 0 Å². The number of guanidine groups is 1. The molecular formula is C17H24N4OS. The number of aromatic nitrogens is 1. The molecule has 0 aliphatic carbocycles. The molecule has 124 valence electrons. The summed E-state index contributed by atoms with van der Waals surface area (Å²) >= 11 is 1.79. The predicted molar refractivity (Wildman–Crippen MR) is 96.3 cm³/mol. The molecule has 0 aliphatic heterocycles. The molecule has 2 aromatic rings. The maximum atomic E-state index is 5.06. The van der Waals surface area contributed by atoms with Crippen molar-refractivity contribution in [1.82, 2.24) is 15.6 Å². The Morgan fingerprint density at radius 3 is 2.83 bits per heavy atom. The van der Waals surface area contributed by atoms with E-state index < -0.39 is 0 Å². The van der Waals surface area contributed by atoms with E-state index in [0.717, 1.165) is 24.6 Å². The van der Waals surface area contributed by atoms with Gasteiger partial charge in [-0.15, -0.1) is 11.3 Å². The van der Waals surface area contributed by atoms with Crippen LogP contribution in [0.4, 0.5) is 0 Å². The van der Waals surface area contributed by atoms with E-state index in [2.05, 4.69) is 52.0 Å². The third-order valence-corrected chi connectivity index (χ3v) is 4.48. The van der Waals surface area contributed by atoms with Gasteiger partial charge in [-0.3, -0.25) is 0 Å². The van der Waals surface area contributed by atoms with E-state index in [0.29, 0.717) is 18.3 Å². The van der Waals surface area contributed by atoms with Crippen molar-refractivity contribution in [1.29, 1.82) is 0 Å². The van der Waals surface area contributed by atoms with Gasteiger partial charge in [0.25, 0.3) is 0 Å². The summed E-state index contributed by atoms with van der Waals surface area (Å²) in [6, 6.07) is 8.09. The van der Waals surface area contributed by atoms with Gasteiger partial charge in [-0.05, 0) is 23.9 Å². The van der Waals surface area contributed by atoms with Gasteiger partial charge in [0.05, 0.1) is 13.7 Å². The zero-order valence-corrected chi connectivity index (χ0v) is 14.7. The maximum Gasteiger partial charge on any atom is 0.212 e. The molecule has 0 fully saturated rings. The molecule has 2 rings (SSSR count). The van der Waals surface area contributed by atoms with Gasteiger partial charge >= 0.3 is 0 Å². The number of aliphatic imine (C=N–C) groups is 1. The number of nitrogens with zero attached hydrogens (tertiary/aromatic N) is 2. The fourth-order valence-corrected chi connectivity index (χ4v) is 2.85. The van der Waals surface area contributed by atoms with Crippen LogP contribution in [0.1, 0.15) is 30.2 Å². The Labute approximate surface area is 141 Å². The number of hydrogen-bond donors (Lipinski definition) is 2. The van der Waals surface area contributed by atoms with E-state index in [9.17, 15) is 0 Å². The molecule has 1 unspecified atom stereocenters. The average molecular weight is 332 g/mol. The van der Waals surface area contributed by atoms with Crippen molar-refractivity contribution < 1.29 is 4.74 Å². The normalized spacial score (nSPS) is 12.7. The third-order valence-electron chi connectivity index (χ3n) is 3.38. The second kappa shape index (κ2) is 9.15. The smallest absolute Gasteiger partial charge is 0.212 e. The lowest BCUT2D eigenvalue weighted by Gasteiger charge is -2.15. The fraction of sp³-hybridized carbons (Fsp3) is 0.412. The van der Waals surface area contributed by atoms with Crippen LogP contribution in [0.3, 0.4) is 0 Å². The Kier molecular flexibility index (Phi) is 6.87. The highest BCUT2D eigenvalue weighted by Crippen LogP contribution is 2.19. The summed E-state index contributed by atoms with van der Waals surface area (Å²) in [5.74, 6) is 1.90. The second-order valence-corrected chi connectivity index (χ2v) is 6.18. The predicted octanol–water partition coefficient (Wildman–Crippen LogP) is 3.01. The van der Waals surface area contributed by atoms with Crippen LogP contribution in [-0.2, 0) is 6.54 Å². The zero-order chi connectivity index (χ0) is 16.5. The number of methoxy groups -OCH3 is 1. The largest absolute Gasteiger partial charge is 0.481 e. The van der Waals surface area contributed by atoms with Gasteiger partial charge in [0.1, 0.15) is 0 Å². The summed E-state index contributed by atoms with van der Waals surface area (Å²) in [4.78, 5) is 10.2. The summed E-state index contributed by atoms with van der Waals surface area (Å²) in [6.07, 6.45) is 1.79. The van der Waals surface area contributed by atoms with Crippen LogP contribution in [-0.4, -0.2) is 31.1 Å². The van der Waals surface area contributed by atoms with Crippen LogP contribution < -0.4 is 15.4 Å². The van der Waals surface area contributed by atoms with Gasteiger partial charge in [0, 0.05) is 36.1 Å². The molecule has 0 aromatic carbocycles. The second-order valence-electron chi connectivity index (χ2n) is 5.20. The Morgan fingerprint density at radius 1 is 1.35 bits per heavy atom. The van der Waals surface area contributed by atoms with Crippen molar-refractivity contribution in [3.8, 4) is 5.88 Å². The lowest BCUT2D eigenvalue weighted by molar-refractivity contribution is 0.397. The van der Waals surface area contributed by atoms with Gasteiger partial charge in [-0.25, -0.2) is 9.98 Å². The van der Waals surface area contributed by atoms with E-state index in [1.807, 2.05) is 12.1 Å². The molecule has 0 spiro atoms. The Hall–Kier alpha value is -2.08. The molecule has 2 aromatic heterocycles. The summed E-state index contributed by atoms with van der Waals surface area (Å²) in [6.45, 7) is 6.55. The monoisotopic (exact) mass is 332 g/mol. The van der Waals surface area contributed by atoms with Crippen molar-refractivity contribution in [2.24, 2.45) is 4.99 Å². The van der Waals surface area contributed by atoms with Gasteiger partial charge in [0.2, 0.25) is 5.88 Å². The van der Waals surface area contributed by atoms with Crippen molar-refractivity contribution in [3.05, 3.63) is 46.3 Å². The highest BCUT2D eigenvalue weighted by molar-refractivity contribution is 7.10. The topological polar surface area (TPSA) is 58.5 Å². The first-order valence-electron chi connectivity index (χ1n) is 7.77. The summed E-state index contributed by atoms with van der Waals surface area (Å²) < 4.78 is 5.06. The van der Waals surface area contributed by atoms with Crippen molar-refractivity contribution >= 4 is 17.3 Å². The Bertz CT molecular complexity index is 596. The average Bonchev–Trinajstić information content (AvgIpc) is 3.12. The molecule has 0 bridgehead atoms. The molecule has 2 heterocycles. The summed E-state index contributed by atoms with van der Waals surface area (Å²) in [7, 11) is 1.61. The van der Waals surface area contributed by atoms with E-state index >= 15 is 0 Å². The summed E-state index contributed by atoms with van der Waals surface area (Å²) in [5.41, 5.74) is 1.05. The van der Waals surface area contributed by atoms with E-state index in [4.69, 9.17) is 4.74 Å². The maximum absolute atomic E-state index is 5.06. The molecule has 0 radical (unpaired) electrons. The quantitative estimate of drug-likeness (QED) is 0.604. The van der Waals surface area contributed by atoms with Crippen LogP contribution >= 0.6 is 11.3 Å². The minimum atomic E-state index is 0.460. The molecule has 2 N–H and O–H groups in total. The first kappa shape index (κ1) is 17.3.